The van der Waals surface area contributed by atoms with Gasteiger partial charge >= 0.3 is 0 Å². The van der Waals surface area contributed by atoms with E-state index in [0.717, 1.165) is 6.61 Å². The van der Waals surface area contributed by atoms with Gasteiger partial charge in [0, 0.05) is 0 Å². The van der Waals surface area contributed by atoms with Crippen LogP contribution in [0.5, 0.6) is 0 Å². The molecule has 0 heterocycles. The number of hydrogen-bond donors (Lipinski definition) is 0. The van der Waals surface area contributed by atoms with Crippen molar-refractivity contribution in [1.29, 1.82) is 0 Å². The standard InChI is InChI=1S/C18H34OSi/c1-7-8-9-10-11-12-13-14-15-16-17-19-20(5,6)18(2,3)4/h11-16H,7-10,17H2,1-6H3/b12-11-,14-13-,16-15+. The van der Waals surface area contributed by atoms with Crippen molar-refractivity contribution >= 4 is 8.32 Å². The Morgan fingerprint density at radius 3 is 2.05 bits per heavy atom. The van der Waals surface area contributed by atoms with Gasteiger partial charge in [0.05, 0.1) is 6.61 Å². The maximum atomic E-state index is 6.07. The van der Waals surface area contributed by atoms with Gasteiger partial charge in [0.2, 0.25) is 0 Å². The molecule has 116 valence electrons. The van der Waals surface area contributed by atoms with E-state index in [2.05, 4.69) is 77.2 Å². The summed E-state index contributed by atoms with van der Waals surface area (Å²) in [6.07, 6.45) is 17.8. The van der Waals surface area contributed by atoms with Crippen molar-refractivity contribution in [2.45, 2.75) is 71.5 Å². The van der Waals surface area contributed by atoms with Gasteiger partial charge in [-0.3, -0.25) is 0 Å². The van der Waals surface area contributed by atoms with Crippen LogP contribution in [0.4, 0.5) is 0 Å². The minimum Gasteiger partial charge on any atom is -0.413 e. The van der Waals surface area contributed by atoms with Gasteiger partial charge < -0.3 is 4.43 Å². The second kappa shape index (κ2) is 10.2. The Bertz CT molecular complexity index is 319. The number of hydrogen-bond acceptors (Lipinski definition) is 1. The van der Waals surface area contributed by atoms with Gasteiger partial charge in [0.15, 0.2) is 8.32 Å². The van der Waals surface area contributed by atoms with Gasteiger partial charge in [-0.25, -0.2) is 0 Å². The van der Waals surface area contributed by atoms with Gasteiger partial charge in [-0.05, 0) is 31.0 Å². The molecule has 0 aromatic carbocycles. The molecule has 0 amide bonds. The minimum absolute atomic E-state index is 0.290. The van der Waals surface area contributed by atoms with Crippen LogP contribution in [0.25, 0.3) is 0 Å². The first kappa shape index (κ1) is 19.4. The fraction of sp³-hybridized carbons (Fsp3) is 0.667. The maximum Gasteiger partial charge on any atom is 0.192 e. The van der Waals surface area contributed by atoms with Gasteiger partial charge in [-0.15, -0.1) is 0 Å². The second-order valence-electron chi connectivity index (χ2n) is 6.81. The van der Waals surface area contributed by atoms with Crippen molar-refractivity contribution in [1.82, 2.24) is 0 Å². The molecule has 0 aromatic heterocycles. The highest BCUT2D eigenvalue weighted by Crippen LogP contribution is 2.36. The Morgan fingerprint density at radius 2 is 1.50 bits per heavy atom. The lowest BCUT2D eigenvalue weighted by Gasteiger charge is -2.35. The van der Waals surface area contributed by atoms with Crippen LogP contribution in [0, 0.1) is 0 Å². The Morgan fingerprint density at radius 1 is 0.900 bits per heavy atom. The molecule has 0 atom stereocenters. The predicted octanol–water partition coefficient (Wildman–Crippen LogP) is 6.26. The van der Waals surface area contributed by atoms with Crippen LogP contribution in [-0.4, -0.2) is 14.9 Å². The van der Waals surface area contributed by atoms with Crippen molar-refractivity contribution < 1.29 is 4.43 Å². The minimum atomic E-state index is -1.59. The summed E-state index contributed by atoms with van der Waals surface area (Å²) in [5.74, 6) is 0. The van der Waals surface area contributed by atoms with E-state index in [1.807, 2.05) is 0 Å². The van der Waals surface area contributed by atoms with E-state index < -0.39 is 8.32 Å². The lowest BCUT2D eigenvalue weighted by molar-refractivity contribution is 0.328. The molecule has 0 unspecified atom stereocenters. The highest BCUT2D eigenvalue weighted by molar-refractivity contribution is 6.74. The summed E-state index contributed by atoms with van der Waals surface area (Å²) < 4.78 is 6.07. The fourth-order valence-corrected chi connectivity index (χ4v) is 2.37. The SMILES string of the molecule is CCCCC\C=C/C=C\C=C\CO[Si](C)(C)C(C)(C)C. The van der Waals surface area contributed by atoms with E-state index in [1.54, 1.807) is 0 Å². The Labute approximate surface area is 127 Å². The van der Waals surface area contributed by atoms with E-state index in [-0.39, 0.29) is 5.04 Å². The zero-order chi connectivity index (χ0) is 15.5. The first-order valence-electron chi connectivity index (χ1n) is 7.93. The summed E-state index contributed by atoms with van der Waals surface area (Å²) in [5, 5.41) is 0.290. The van der Waals surface area contributed by atoms with Gasteiger partial charge in [0.1, 0.15) is 0 Å². The predicted molar refractivity (Wildman–Crippen MR) is 94.7 cm³/mol. The molecule has 0 aromatic rings. The van der Waals surface area contributed by atoms with Crippen LogP contribution in [0.2, 0.25) is 18.1 Å². The lowest BCUT2D eigenvalue weighted by atomic mass is 10.2. The zero-order valence-corrected chi connectivity index (χ0v) is 15.4. The van der Waals surface area contributed by atoms with Crippen LogP contribution in [0.3, 0.4) is 0 Å². The molecule has 0 spiro atoms. The summed E-state index contributed by atoms with van der Waals surface area (Å²) in [6.45, 7) is 14.3. The van der Waals surface area contributed by atoms with Gasteiger partial charge in [-0.1, -0.05) is 77.0 Å². The van der Waals surface area contributed by atoms with Crippen LogP contribution in [-0.2, 0) is 4.43 Å². The lowest BCUT2D eigenvalue weighted by Crippen LogP contribution is -2.40. The molecule has 0 aliphatic rings. The third kappa shape index (κ3) is 9.32. The van der Waals surface area contributed by atoms with E-state index in [9.17, 15) is 0 Å². The molecule has 0 rings (SSSR count). The molecule has 1 nitrogen and oxygen atoms in total. The molecule has 20 heavy (non-hydrogen) atoms. The van der Waals surface area contributed by atoms with Crippen LogP contribution in [0.15, 0.2) is 36.5 Å². The molecule has 0 aliphatic carbocycles. The summed E-state index contributed by atoms with van der Waals surface area (Å²) in [5.41, 5.74) is 0. The van der Waals surface area contributed by atoms with Gasteiger partial charge in [-0.2, -0.15) is 0 Å². The van der Waals surface area contributed by atoms with E-state index in [4.69, 9.17) is 4.43 Å². The number of unbranched alkanes of at least 4 members (excludes halogenated alkanes) is 3. The molecular formula is C18H34OSi. The summed E-state index contributed by atoms with van der Waals surface area (Å²) in [7, 11) is -1.59. The molecule has 0 saturated carbocycles. The number of rotatable bonds is 9. The average Bonchev–Trinajstić information content (AvgIpc) is 2.34. The van der Waals surface area contributed by atoms with E-state index in [0.29, 0.717) is 0 Å². The molecule has 0 bridgehead atoms. The third-order valence-electron chi connectivity index (χ3n) is 3.93. The van der Waals surface area contributed by atoms with Crippen molar-refractivity contribution in [3.05, 3.63) is 36.5 Å². The topological polar surface area (TPSA) is 9.23 Å². The normalized spacial score (nSPS) is 14.1. The zero-order valence-electron chi connectivity index (χ0n) is 14.4. The first-order valence-corrected chi connectivity index (χ1v) is 10.8. The van der Waals surface area contributed by atoms with Crippen molar-refractivity contribution in [2.75, 3.05) is 6.61 Å². The molecule has 0 N–H and O–H groups in total. The van der Waals surface area contributed by atoms with Crippen molar-refractivity contribution in [3.8, 4) is 0 Å². The Hall–Kier alpha value is -0.603. The molecule has 0 fully saturated rings. The van der Waals surface area contributed by atoms with E-state index >= 15 is 0 Å². The van der Waals surface area contributed by atoms with Crippen molar-refractivity contribution in [3.63, 3.8) is 0 Å². The Balaban J connectivity index is 3.82. The van der Waals surface area contributed by atoms with Crippen molar-refractivity contribution in [2.24, 2.45) is 0 Å². The molecule has 0 saturated heterocycles. The highest BCUT2D eigenvalue weighted by atomic mass is 28.4. The highest BCUT2D eigenvalue weighted by Gasteiger charge is 2.36. The summed E-state index contributed by atoms with van der Waals surface area (Å²) >= 11 is 0. The van der Waals surface area contributed by atoms with Crippen LogP contribution >= 0.6 is 0 Å². The molecular weight excluding hydrogens is 260 g/mol. The second-order valence-corrected chi connectivity index (χ2v) is 11.6. The third-order valence-corrected chi connectivity index (χ3v) is 8.43. The molecule has 0 radical (unpaired) electrons. The number of allylic oxidation sites excluding steroid dienone is 5. The molecule has 0 aliphatic heterocycles. The fourth-order valence-electron chi connectivity index (χ4n) is 1.42. The van der Waals surface area contributed by atoms with E-state index in [1.165, 1.54) is 25.7 Å². The van der Waals surface area contributed by atoms with Gasteiger partial charge in [0.25, 0.3) is 0 Å². The Kier molecular flexibility index (Phi) is 9.86. The quantitative estimate of drug-likeness (QED) is 0.277. The molecule has 2 heteroatoms. The largest absolute Gasteiger partial charge is 0.413 e. The van der Waals surface area contributed by atoms with Crippen LogP contribution in [0.1, 0.15) is 53.4 Å². The average molecular weight is 295 g/mol. The maximum absolute atomic E-state index is 6.07. The smallest absolute Gasteiger partial charge is 0.192 e. The summed E-state index contributed by atoms with van der Waals surface area (Å²) in [4.78, 5) is 0. The monoisotopic (exact) mass is 294 g/mol. The first-order chi connectivity index (χ1) is 9.31. The summed E-state index contributed by atoms with van der Waals surface area (Å²) in [6, 6.07) is 0. The van der Waals surface area contributed by atoms with Crippen LogP contribution < -0.4 is 0 Å².